The summed E-state index contributed by atoms with van der Waals surface area (Å²) < 4.78 is 13.2. The summed E-state index contributed by atoms with van der Waals surface area (Å²) in [7, 11) is 0. The van der Waals surface area contributed by atoms with E-state index in [4.69, 9.17) is 0 Å². The van der Waals surface area contributed by atoms with Gasteiger partial charge in [0.05, 0.1) is 0 Å². The fourth-order valence-corrected chi connectivity index (χ4v) is 2.87. The molecule has 0 saturated carbocycles. The molecule has 0 aliphatic heterocycles. The molecule has 2 rings (SSSR count). The molecule has 0 fully saturated rings. The van der Waals surface area contributed by atoms with Crippen LogP contribution in [-0.2, 0) is 6.54 Å². The Morgan fingerprint density at radius 1 is 1.10 bits per heavy atom. The lowest BCUT2D eigenvalue weighted by molar-refractivity contribution is 0.587. The molecule has 0 saturated heterocycles. The van der Waals surface area contributed by atoms with Crippen LogP contribution >= 0.6 is 11.8 Å². The van der Waals surface area contributed by atoms with E-state index < -0.39 is 0 Å². The zero-order valence-corrected chi connectivity index (χ0v) is 12.9. The van der Waals surface area contributed by atoms with E-state index in [2.05, 4.69) is 44.3 Å². The molecule has 0 aliphatic rings. The second kappa shape index (κ2) is 6.91. The highest BCUT2D eigenvalue weighted by Crippen LogP contribution is 2.29. The number of rotatable bonds is 5. The van der Waals surface area contributed by atoms with Crippen molar-refractivity contribution in [1.29, 1.82) is 0 Å². The number of hydrogen-bond donors (Lipinski definition) is 1. The Kier molecular flexibility index (Phi) is 5.21. The standard InChI is InChI=1S/C17H20FNS/c1-12(2)19-11-14-7-8-17(9-13(14)3)20-16-6-4-5-15(18)10-16/h4-10,12,19H,11H2,1-3H3. The summed E-state index contributed by atoms with van der Waals surface area (Å²) in [6, 6.07) is 13.6. The van der Waals surface area contributed by atoms with E-state index in [0.717, 1.165) is 16.3 Å². The van der Waals surface area contributed by atoms with Gasteiger partial charge in [-0.2, -0.15) is 0 Å². The first kappa shape index (κ1) is 15.1. The SMILES string of the molecule is Cc1cc(Sc2cccc(F)c2)ccc1CNC(C)C. The first-order chi connectivity index (χ1) is 9.54. The normalized spacial score (nSPS) is 11.1. The lowest BCUT2D eigenvalue weighted by Crippen LogP contribution is -2.22. The van der Waals surface area contributed by atoms with Crippen LogP contribution in [0.2, 0.25) is 0 Å². The summed E-state index contributed by atoms with van der Waals surface area (Å²) in [5, 5.41) is 3.42. The maximum Gasteiger partial charge on any atom is 0.124 e. The molecule has 1 N–H and O–H groups in total. The molecule has 0 aliphatic carbocycles. The van der Waals surface area contributed by atoms with Crippen LogP contribution in [0.4, 0.5) is 4.39 Å². The van der Waals surface area contributed by atoms with Crippen molar-refractivity contribution in [2.24, 2.45) is 0 Å². The minimum atomic E-state index is -0.190. The highest BCUT2D eigenvalue weighted by Gasteiger charge is 2.03. The smallest absolute Gasteiger partial charge is 0.124 e. The molecule has 0 bridgehead atoms. The summed E-state index contributed by atoms with van der Waals surface area (Å²) in [5.74, 6) is -0.190. The third-order valence-corrected chi connectivity index (χ3v) is 4.03. The van der Waals surface area contributed by atoms with Crippen LogP contribution in [0.15, 0.2) is 52.3 Å². The minimum absolute atomic E-state index is 0.190. The first-order valence-electron chi connectivity index (χ1n) is 6.81. The summed E-state index contributed by atoms with van der Waals surface area (Å²) in [4.78, 5) is 2.07. The van der Waals surface area contributed by atoms with Crippen LogP contribution in [0.25, 0.3) is 0 Å². The monoisotopic (exact) mass is 289 g/mol. The van der Waals surface area contributed by atoms with E-state index in [9.17, 15) is 4.39 Å². The Balaban J connectivity index is 2.09. The number of benzene rings is 2. The quantitative estimate of drug-likeness (QED) is 0.850. The van der Waals surface area contributed by atoms with Crippen molar-refractivity contribution in [3.8, 4) is 0 Å². The molecule has 0 unspecified atom stereocenters. The van der Waals surface area contributed by atoms with Gasteiger partial charge in [-0.05, 0) is 48.4 Å². The summed E-state index contributed by atoms with van der Waals surface area (Å²) in [6.07, 6.45) is 0. The summed E-state index contributed by atoms with van der Waals surface area (Å²) in [6.45, 7) is 7.29. The molecule has 0 aromatic heterocycles. The maximum atomic E-state index is 13.2. The molecule has 0 radical (unpaired) electrons. The lowest BCUT2D eigenvalue weighted by atomic mass is 10.1. The molecule has 2 aromatic carbocycles. The van der Waals surface area contributed by atoms with Crippen molar-refractivity contribution in [1.82, 2.24) is 5.32 Å². The van der Waals surface area contributed by atoms with Gasteiger partial charge in [0.2, 0.25) is 0 Å². The average molecular weight is 289 g/mol. The van der Waals surface area contributed by atoms with Gasteiger partial charge in [0.25, 0.3) is 0 Å². The van der Waals surface area contributed by atoms with Gasteiger partial charge in [0.15, 0.2) is 0 Å². The molecule has 0 spiro atoms. The van der Waals surface area contributed by atoms with Crippen molar-refractivity contribution in [3.63, 3.8) is 0 Å². The van der Waals surface area contributed by atoms with Crippen molar-refractivity contribution >= 4 is 11.8 Å². The average Bonchev–Trinajstić information content (AvgIpc) is 2.37. The fraction of sp³-hybridized carbons (Fsp3) is 0.294. The van der Waals surface area contributed by atoms with Crippen LogP contribution in [0, 0.1) is 12.7 Å². The molecule has 2 aromatic rings. The van der Waals surface area contributed by atoms with Gasteiger partial charge in [0, 0.05) is 22.4 Å². The van der Waals surface area contributed by atoms with Gasteiger partial charge in [-0.15, -0.1) is 0 Å². The number of hydrogen-bond acceptors (Lipinski definition) is 2. The molecule has 1 nitrogen and oxygen atoms in total. The van der Waals surface area contributed by atoms with Gasteiger partial charge in [0.1, 0.15) is 5.82 Å². The summed E-state index contributed by atoms with van der Waals surface area (Å²) >= 11 is 1.59. The predicted octanol–water partition coefficient (Wildman–Crippen LogP) is 4.78. The molecule has 20 heavy (non-hydrogen) atoms. The van der Waals surface area contributed by atoms with Crippen LogP contribution in [-0.4, -0.2) is 6.04 Å². The van der Waals surface area contributed by atoms with Crippen LogP contribution < -0.4 is 5.32 Å². The van der Waals surface area contributed by atoms with Crippen molar-refractivity contribution in [2.45, 2.75) is 43.1 Å². The highest BCUT2D eigenvalue weighted by molar-refractivity contribution is 7.99. The maximum absolute atomic E-state index is 13.2. The highest BCUT2D eigenvalue weighted by atomic mass is 32.2. The Morgan fingerprint density at radius 3 is 2.50 bits per heavy atom. The van der Waals surface area contributed by atoms with Gasteiger partial charge < -0.3 is 5.32 Å². The van der Waals surface area contributed by atoms with E-state index in [0.29, 0.717) is 6.04 Å². The topological polar surface area (TPSA) is 12.0 Å². The molecule has 0 amide bonds. The van der Waals surface area contributed by atoms with Gasteiger partial charge in [-0.1, -0.05) is 37.7 Å². The van der Waals surface area contributed by atoms with E-state index in [-0.39, 0.29) is 5.82 Å². The molecule has 0 heterocycles. The van der Waals surface area contributed by atoms with E-state index in [1.807, 2.05) is 6.07 Å². The van der Waals surface area contributed by atoms with Gasteiger partial charge >= 0.3 is 0 Å². The Hall–Kier alpha value is -1.32. The van der Waals surface area contributed by atoms with E-state index in [1.165, 1.54) is 17.2 Å². The third-order valence-electron chi connectivity index (χ3n) is 3.05. The van der Waals surface area contributed by atoms with E-state index >= 15 is 0 Å². The Labute approximate surface area is 124 Å². The second-order valence-electron chi connectivity index (χ2n) is 5.18. The zero-order valence-electron chi connectivity index (χ0n) is 12.1. The van der Waals surface area contributed by atoms with E-state index in [1.54, 1.807) is 23.9 Å². The largest absolute Gasteiger partial charge is 0.310 e. The lowest BCUT2D eigenvalue weighted by Gasteiger charge is -2.12. The Bertz CT molecular complexity index is 581. The molecular formula is C17H20FNS. The van der Waals surface area contributed by atoms with Crippen LogP contribution in [0.3, 0.4) is 0 Å². The number of aryl methyl sites for hydroxylation is 1. The van der Waals surface area contributed by atoms with Crippen molar-refractivity contribution in [3.05, 3.63) is 59.4 Å². The molecular weight excluding hydrogens is 269 g/mol. The fourth-order valence-electron chi connectivity index (χ4n) is 1.91. The number of halogens is 1. The van der Waals surface area contributed by atoms with Gasteiger partial charge in [-0.25, -0.2) is 4.39 Å². The van der Waals surface area contributed by atoms with Gasteiger partial charge in [-0.3, -0.25) is 0 Å². The molecule has 3 heteroatoms. The molecule has 0 atom stereocenters. The van der Waals surface area contributed by atoms with Crippen molar-refractivity contribution < 1.29 is 4.39 Å². The first-order valence-corrected chi connectivity index (χ1v) is 7.62. The zero-order chi connectivity index (χ0) is 14.5. The van der Waals surface area contributed by atoms with Crippen LogP contribution in [0.5, 0.6) is 0 Å². The summed E-state index contributed by atoms with van der Waals surface area (Å²) in [5.41, 5.74) is 2.57. The van der Waals surface area contributed by atoms with Crippen LogP contribution in [0.1, 0.15) is 25.0 Å². The molecule has 106 valence electrons. The predicted molar refractivity (Wildman–Crippen MR) is 83.7 cm³/mol. The third kappa shape index (κ3) is 4.36. The Morgan fingerprint density at radius 2 is 1.85 bits per heavy atom. The number of nitrogens with one attached hydrogen (secondary N) is 1. The minimum Gasteiger partial charge on any atom is -0.310 e. The second-order valence-corrected chi connectivity index (χ2v) is 6.33. The van der Waals surface area contributed by atoms with Crippen molar-refractivity contribution in [2.75, 3.05) is 0 Å².